The minimum Gasteiger partial charge on any atom is -0.508 e. The lowest BCUT2D eigenvalue weighted by Gasteiger charge is -2.07. The van der Waals surface area contributed by atoms with Crippen molar-refractivity contribution >= 4 is 0 Å². The maximum absolute atomic E-state index is 9.34. The Balaban J connectivity index is 1.60. The second-order valence-electron chi connectivity index (χ2n) is 4.69. The molecule has 0 saturated heterocycles. The molecule has 0 aliphatic carbocycles. The zero-order valence-corrected chi connectivity index (χ0v) is 11.3. The maximum atomic E-state index is 9.34. The number of rotatable bonds is 7. The molecule has 2 aromatic carbocycles. The van der Waals surface area contributed by atoms with Gasteiger partial charge in [-0.15, -0.1) is 0 Å². The summed E-state index contributed by atoms with van der Waals surface area (Å²) in [5, 5.41) is 25.3. The highest BCUT2D eigenvalue weighted by molar-refractivity contribution is 5.27. The van der Waals surface area contributed by atoms with E-state index in [1.807, 2.05) is 24.3 Å². The summed E-state index contributed by atoms with van der Waals surface area (Å²) in [7, 11) is 0. The standard InChI is InChI=1S/C16H20N2O2/c19-15-5-1-3-13(9-15)11-17-7-8-18-12-14-4-2-6-16(20)10-14/h1-6,9-10,17-20H,7-8,11-12H2. The van der Waals surface area contributed by atoms with Gasteiger partial charge in [0.2, 0.25) is 0 Å². The van der Waals surface area contributed by atoms with E-state index in [1.54, 1.807) is 24.3 Å². The topological polar surface area (TPSA) is 64.5 Å². The van der Waals surface area contributed by atoms with Crippen LogP contribution in [0.5, 0.6) is 11.5 Å². The molecule has 0 atom stereocenters. The van der Waals surface area contributed by atoms with Crippen LogP contribution in [0.2, 0.25) is 0 Å². The Bertz CT molecular complexity index is 494. The predicted molar refractivity (Wildman–Crippen MR) is 79.6 cm³/mol. The summed E-state index contributed by atoms with van der Waals surface area (Å²) in [5.74, 6) is 0.595. The molecule has 0 aromatic heterocycles. The highest BCUT2D eigenvalue weighted by Crippen LogP contribution is 2.11. The fourth-order valence-corrected chi connectivity index (χ4v) is 1.98. The molecule has 2 aromatic rings. The van der Waals surface area contributed by atoms with E-state index in [0.29, 0.717) is 11.5 Å². The number of phenolic OH excluding ortho intramolecular Hbond substituents is 2. The third kappa shape index (κ3) is 4.91. The third-order valence-corrected chi connectivity index (χ3v) is 2.96. The van der Waals surface area contributed by atoms with E-state index in [0.717, 1.165) is 37.3 Å². The van der Waals surface area contributed by atoms with Gasteiger partial charge in [0.25, 0.3) is 0 Å². The number of benzene rings is 2. The lowest BCUT2D eigenvalue weighted by Crippen LogP contribution is -2.26. The number of hydrogen-bond acceptors (Lipinski definition) is 4. The Morgan fingerprint density at radius 3 is 1.55 bits per heavy atom. The Morgan fingerprint density at radius 2 is 1.15 bits per heavy atom. The van der Waals surface area contributed by atoms with Gasteiger partial charge in [-0.2, -0.15) is 0 Å². The zero-order valence-electron chi connectivity index (χ0n) is 11.3. The van der Waals surface area contributed by atoms with E-state index in [1.165, 1.54) is 0 Å². The van der Waals surface area contributed by atoms with Gasteiger partial charge in [0.05, 0.1) is 0 Å². The molecular formula is C16H20N2O2. The molecule has 4 N–H and O–H groups in total. The normalized spacial score (nSPS) is 10.6. The van der Waals surface area contributed by atoms with Crippen LogP contribution < -0.4 is 10.6 Å². The highest BCUT2D eigenvalue weighted by Gasteiger charge is 1.96. The SMILES string of the molecule is Oc1cccc(CNCCNCc2cccc(O)c2)c1. The van der Waals surface area contributed by atoms with E-state index in [-0.39, 0.29) is 0 Å². The zero-order chi connectivity index (χ0) is 14.2. The van der Waals surface area contributed by atoms with Crippen LogP contribution in [-0.4, -0.2) is 23.3 Å². The average molecular weight is 272 g/mol. The van der Waals surface area contributed by atoms with Crippen molar-refractivity contribution in [1.29, 1.82) is 0 Å². The van der Waals surface area contributed by atoms with Gasteiger partial charge in [-0.25, -0.2) is 0 Å². The van der Waals surface area contributed by atoms with Crippen LogP contribution in [0.15, 0.2) is 48.5 Å². The van der Waals surface area contributed by atoms with Crippen LogP contribution in [0.4, 0.5) is 0 Å². The summed E-state index contributed by atoms with van der Waals surface area (Å²) in [4.78, 5) is 0. The van der Waals surface area contributed by atoms with Gasteiger partial charge in [-0.1, -0.05) is 24.3 Å². The first kappa shape index (κ1) is 14.4. The summed E-state index contributed by atoms with van der Waals surface area (Å²) < 4.78 is 0. The maximum Gasteiger partial charge on any atom is 0.115 e. The fraction of sp³-hybridized carbons (Fsp3) is 0.250. The van der Waals surface area contributed by atoms with Gasteiger partial charge in [0, 0.05) is 26.2 Å². The molecule has 0 aliphatic heterocycles. The Kier molecular flexibility index (Phi) is 5.41. The largest absolute Gasteiger partial charge is 0.508 e. The van der Waals surface area contributed by atoms with Crippen molar-refractivity contribution in [3.05, 3.63) is 59.7 Å². The van der Waals surface area contributed by atoms with Crippen molar-refractivity contribution in [2.45, 2.75) is 13.1 Å². The second kappa shape index (κ2) is 7.53. The van der Waals surface area contributed by atoms with Gasteiger partial charge in [0.1, 0.15) is 11.5 Å². The average Bonchev–Trinajstić information content (AvgIpc) is 2.43. The molecule has 106 valence electrons. The van der Waals surface area contributed by atoms with Crippen molar-refractivity contribution in [3.63, 3.8) is 0 Å². The summed E-state index contributed by atoms with van der Waals surface area (Å²) in [5.41, 5.74) is 2.14. The van der Waals surface area contributed by atoms with Crippen molar-refractivity contribution in [2.24, 2.45) is 0 Å². The molecule has 0 fully saturated rings. The lowest BCUT2D eigenvalue weighted by molar-refractivity contribution is 0.473. The molecule has 0 aliphatic rings. The van der Waals surface area contributed by atoms with Crippen LogP contribution in [-0.2, 0) is 13.1 Å². The van der Waals surface area contributed by atoms with Crippen LogP contribution in [0.25, 0.3) is 0 Å². The molecule has 20 heavy (non-hydrogen) atoms. The number of phenols is 2. The molecule has 0 saturated carbocycles. The van der Waals surface area contributed by atoms with E-state index in [4.69, 9.17) is 0 Å². The van der Waals surface area contributed by atoms with Gasteiger partial charge in [-0.3, -0.25) is 0 Å². The van der Waals surface area contributed by atoms with Gasteiger partial charge >= 0.3 is 0 Å². The molecule has 0 amide bonds. The number of nitrogens with one attached hydrogen (secondary N) is 2. The molecule has 0 radical (unpaired) electrons. The minimum atomic E-state index is 0.298. The first-order valence-electron chi connectivity index (χ1n) is 6.71. The number of hydrogen-bond donors (Lipinski definition) is 4. The fourth-order valence-electron chi connectivity index (χ4n) is 1.98. The predicted octanol–water partition coefficient (Wildman–Crippen LogP) is 1.98. The monoisotopic (exact) mass is 272 g/mol. The second-order valence-corrected chi connectivity index (χ2v) is 4.69. The van der Waals surface area contributed by atoms with Gasteiger partial charge < -0.3 is 20.8 Å². The smallest absolute Gasteiger partial charge is 0.115 e. The van der Waals surface area contributed by atoms with Crippen molar-refractivity contribution in [1.82, 2.24) is 10.6 Å². The van der Waals surface area contributed by atoms with E-state index in [2.05, 4.69) is 10.6 Å². The Hall–Kier alpha value is -2.04. The van der Waals surface area contributed by atoms with Crippen LogP contribution >= 0.6 is 0 Å². The van der Waals surface area contributed by atoms with Gasteiger partial charge in [0.15, 0.2) is 0 Å². The molecule has 0 unspecified atom stereocenters. The molecule has 4 heteroatoms. The van der Waals surface area contributed by atoms with E-state index in [9.17, 15) is 10.2 Å². The van der Waals surface area contributed by atoms with E-state index < -0.39 is 0 Å². The molecule has 0 bridgehead atoms. The summed E-state index contributed by atoms with van der Waals surface area (Å²) in [6.07, 6.45) is 0. The lowest BCUT2D eigenvalue weighted by atomic mass is 10.2. The summed E-state index contributed by atoms with van der Waals surface area (Å²) in [6.45, 7) is 3.16. The first-order valence-corrected chi connectivity index (χ1v) is 6.71. The Morgan fingerprint density at radius 1 is 0.700 bits per heavy atom. The van der Waals surface area contributed by atoms with Crippen LogP contribution in [0.1, 0.15) is 11.1 Å². The first-order chi connectivity index (χ1) is 9.74. The van der Waals surface area contributed by atoms with E-state index >= 15 is 0 Å². The van der Waals surface area contributed by atoms with Crippen molar-refractivity contribution in [2.75, 3.05) is 13.1 Å². The van der Waals surface area contributed by atoms with Crippen LogP contribution in [0, 0.1) is 0 Å². The Labute approximate surface area is 119 Å². The minimum absolute atomic E-state index is 0.298. The van der Waals surface area contributed by atoms with Crippen molar-refractivity contribution < 1.29 is 10.2 Å². The summed E-state index contributed by atoms with van der Waals surface area (Å²) >= 11 is 0. The molecule has 0 spiro atoms. The quantitative estimate of drug-likeness (QED) is 0.582. The van der Waals surface area contributed by atoms with Crippen LogP contribution in [0.3, 0.4) is 0 Å². The highest BCUT2D eigenvalue weighted by atomic mass is 16.3. The molecular weight excluding hydrogens is 252 g/mol. The molecule has 2 rings (SSSR count). The molecule has 0 heterocycles. The summed E-state index contributed by atoms with van der Waals surface area (Å²) in [6, 6.07) is 14.5. The number of aromatic hydroxyl groups is 2. The molecule has 4 nitrogen and oxygen atoms in total. The van der Waals surface area contributed by atoms with Gasteiger partial charge in [-0.05, 0) is 35.4 Å². The van der Waals surface area contributed by atoms with Crippen molar-refractivity contribution in [3.8, 4) is 11.5 Å². The third-order valence-electron chi connectivity index (χ3n) is 2.96.